The molecule has 0 radical (unpaired) electrons. The van der Waals surface area contributed by atoms with Crippen LogP contribution in [0.3, 0.4) is 0 Å². The first-order chi connectivity index (χ1) is 9.47. The minimum absolute atomic E-state index is 0.380. The number of piperidine rings is 1. The van der Waals surface area contributed by atoms with Crippen molar-refractivity contribution in [1.82, 2.24) is 0 Å². The molecule has 2 unspecified atom stereocenters. The first-order valence-corrected chi connectivity index (χ1v) is 7.59. The molecule has 0 bridgehead atoms. The molecule has 1 saturated heterocycles. The third-order valence-corrected chi connectivity index (χ3v) is 4.84. The van der Waals surface area contributed by atoms with Crippen molar-refractivity contribution in [3.8, 4) is 5.75 Å². The highest BCUT2D eigenvalue weighted by atomic mass is 32.1. The summed E-state index contributed by atoms with van der Waals surface area (Å²) in [7, 11) is 2.94. The van der Waals surface area contributed by atoms with Crippen molar-refractivity contribution in [2.45, 2.75) is 20.3 Å². The predicted molar refractivity (Wildman–Crippen MR) is 81.8 cm³/mol. The van der Waals surface area contributed by atoms with Crippen LogP contribution in [-0.4, -0.2) is 33.3 Å². The number of hydrogen-bond acceptors (Lipinski definition) is 6. The number of nitrogens with two attached hydrogens (primary N) is 1. The van der Waals surface area contributed by atoms with Crippen LogP contribution in [0.1, 0.15) is 29.9 Å². The summed E-state index contributed by atoms with van der Waals surface area (Å²) in [6, 6.07) is 0. The van der Waals surface area contributed by atoms with Crippen LogP contribution in [-0.2, 0) is 4.74 Å². The van der Waals surface area contributed by atoms with Crippen LogP contribution in [0, 0.1) is 11.8 Å². The summed E-state index contributed by atoms with van der Waals surface area (Å²) in [5.74, 6) is 1.42. The molecule has 2 rings (SSSR count). The van der Waals surface area contributed by atoms with E-state index in [4.69, 9.17) is 15.2 Å². The predicted octanol–water partition coefficient (Wildman–Crippen LogP) is 2.61. The fraction of sp³-hybridized carbons (Fsp3) is 0.643. The van der Waals surface area contributed by atoms with Crippen LogP contribution in [0.25, 0.3) is 0 Å². The summed E-state index contributed by atoms with van der Waals surface area (Å²) >= 11 is 1.36. The fourth-order valence-electron chi connectivity index (χ4n) is 2.89. The average molecular weight is 298 g/mol. The summed E-state index contributed by atoms with van der Waals surface area (Å²) in [5, 5.41) is 0.934. The van der Waals surface area contributed by atoms with E-state index < -0.39 is 5.97 Å². The number of ether oxygens (including phenoxy) is 2. The molecule has 1 aromatic heterocycles. The number of carbonyl (C=O) groups is 1. The molecule has 1 aromatic rings. The van der Waals surface area contributed by atoms with Gasteiger partial charge in [0, 0.05) is 13.1 Å². The van der Waals surface area contributed by atoms with Gasteiger partial charge in [0.15, 0.2) is 5.75 Å². The van der Waals surface area contributed by atoms with E-state index in [0.717, 1.165) is 18.1 Å². The summed E-state index contributed by atoms with van der Waals surface area (Å²) in [6.07, 6.45) is 1.23. The molecule has 1 fully saturated rings. The number of nitrogens with zero attached hydrogens (tertiary/aromatic N) is 1. The van der Waals surface area contributed by atoms with Gasteiger partial charge in [-0.1, -0.05) is 13.8 Å². The quantitative estimate of drug-likeness (QED) is 0.869. The summed E-state index contributed by atoms with van der Waals surface area (Å²) in [6.45, 7) is 6.41. The van der Waals surface area contributed by atoms with Crippen LogP contribution in [0.15, 0.2) is 0 Å². The van der Waals surface area contributed by atoms with Crippen LogP contribution in [0.4, 0.5) is 10.7 Å². The van der Waals surface area contributed by atoms with Crippen molar-refractivity contribution in [3.63, 3.8) is 0 Å². The summed E-state index contributed by atoms with van der Waals surface area (Å²) < 4.78 is 10.2. The summed E-state index contributed by atoms with van der Waals surface area (Å²) in [4.78, 5) is 14.5. The minimum atomic E-state index is -0.407. The van der Waals surface area contributed by atoms with Crippen molar-refractivity contribution in [1.29, 1.82) is 0 Å². The number of carbonyl (C=O) groups excluding carboxylic acids is 1. The summed E-state index contributed by atoms with van der Waals surface area (Å²) in [5.41, 5.74) is 6.40. The number of rotatable bonds is 3. The Labute approximate surface area is 123 Å². The zero-order valence-corrected chi connectivity index (χ0v) is 13.3. The zero-order chi connectivity index (χ0) is 14.9. The first-order valence-electron chi connectivity index (χ1n) is 6.77. The fourth-order valence-corrected chi connectivity index (χ4v) is 4.02. The van der Waals surface area contributed by atoms with Gasteiger partial charge >= 0.3 is 5.97 Å². The van der Waals surface area contributed by atoms with E-state index in [9.17, 15) is 4.79 Å². The molecular weight excluding hydrogens is 276 g/mol. The molecule has 1 aliphatic heterocycles. The molecule has 20 heavy (non-hydrogen) atoms. The lowest BCUT2D eigenvalue weighted by atomic mass is 9.92. The van der Waals surface area contributed by atoms with E-state index in [2.05, 4.69) is 18.7 Å². The molecule has 112 valence electrons. The van der Waals surface area contributed by atoms with Crippen molar-refractivity contribution < 1.29 is 14.3 Å². The SMILES string of the molecule is COC(=O)c1sc(N2CC(C)CC(C)C2)c(OC)c1N. The normalized spacial score (nSPS) is 22.7. The van der Waals surface area contributed by atoms with Gasteiger partial charge in [0.1, 0.15) is 15.6 Å². The topological polar surface area (TPSA) is 64.8 Å². The second-order valence-electron chi connectivity index (χ2n) is 5.53. The third-order valence-electron chi connectivity index (χ3n) is 3.61. The molecule has 1 aliphatic rings. The van der Waals surface area contributed by atoms with Crippen LogP contribution >= 0.6 is 11.3 Å². The van der Waals surface area contributed by atoms with Crippen molar-refractivity contribution >= 4 is 28.0 Å². The highest BCUT2D eigenvalue weighted by Crippen LogP contribution is 2.46. The molecule has 2 N–H and O–H groups in total. The van der Waals surface area contributed by atoms with Crippen molar-refractivity contribution in [2.24, 2.45) is 11.8 Å². The zero-order valence-electron chi connectivity index (χ0n) is 12.4. The van der Waals surface area contributed by atoms with Crippen LogP contribution in [0.2, 0.25) is 0 Å². The number of thiophene rings is 1. The molecule has 6 heteroatoms. The standard InChI is InChI=1S/C14H22N2O3S/c1-8-5-9(2)7-16(6-8)13-11(18-3)10(15)12(20-13)14(17)19-4/h8-9H,5-7,15H2,1-4H3. The van der Waals surface area contributed by atoms with Gasteiger partial charge in [-0.05, 0) is 18.3 Å². The van der Waals surface area contributed by atoms with Crippen molar-refractivity contribution in [3.05, 3.63) is 4.88 Å². The highest BCUT2D eigenvalue weighted by Gasteiger charge is 2.29. The Morgan fingerprint density at radius 2 is 1.90 bits per heavy atom. The lowest BCUT2D eigenvalue weighted by molar-refractivity contribution is 0.0607. The average Bonchev–Trinajstić information content (AvgIpc) is 2.73. The van der Waals surface area contributed by atoms with E-state index in [1.807, 2.05) is 0 Å². The number of anilines is 2. The Morgan fingerprint density at radius 1 is 1.30 bits per heavy atom. The van der Waals surface area contributed by atoms with Gasteiger partial charge in [0.25, 0.3) is 0 Å². The monoisotopic (exact) mass is 298 g/mol. The second kappa shape index (κ2) is 5.91. The Kier molecular flexibility index (Phi) is 4.42. The van der Waals surface area contributed by atoms with E-state index in [-0.39, 0.29) is 0 Å². The van der Waals surface area contributed by atoms with Gasteiger partial charge in [-0.15, -0.1) is 11.3 Å². The lowest BCUT2D eigenvalue weighted by Gasteiger charge is -2.35. The molecule has 0 amide bonds. The van der Waals surface area contributed by atoms with Crippen LogP contribution in [0.5, 0.6) is 5.75 Å². The van der Waals surface area contributed by atoms with Crippen molar-refractivity contribution in [2.75, 3.05) is 37.9 Å². The molecule has 2 atom stereocenters. The first kappa shape index (κ1) is 15.0. The molecule has 0 aromatic carbocycles. The maximum atomic E-state index is 11.8. The minimum Gasteiger partial charge on any atom is -0.492 e. The van der Waals surface area contributed by atoms with Crippen LogP contribution < -0.4 is 15.4 Å². The molecule has 0 saturated carbocycles. The number of methoxy groups -OCH3 is 2. The maximum Gasteiger partial charge on any atom is 0.350 e. The van der Waals surface area contributed by atoms with Gasteiger partial charge in [-0.3, -0.25) is 0 Å². The number of nitrogen functional groups attached to an aromatic ring is 1. The Hall–Kier alpha value is -1.43. The molecule has 5 nitrogen and oxygen atoms in total. The number of esters is 1. The lowest BCUT2D eigenvalue weighted by Crippen LogP contribution is -2.38. The van der Waals surface area contributed by atoms with E-state index in [1.54, 1.807) is 7.11 Å². The van der Waals surface area contributed by atoms with Gasteiger partial charge in [-0.2, -0.15) is 0 Å². The van der Waals surface area contributed by atoms with Gasteiger partial charge < -0.3 is 20.1 Å². The molecular formula is C14H22N2O3S. The van der Waals surface area contributed by atoms with Gasteiger partial charge in [0.05, 0.1) is 14.2 Å². The van der Waals surface area contributed by atoms with Gasteiger partial charge in [-0.25, -0.2) is 4.79 Å². The molecule has 0 aliphatic carbocycles. The third kappa shape index (κ3) is 2.70. The Morgan fingerprint density at radius 3 is 2.40 bits per heavy atom. The Balaban J connectivity index is 2.38. The molecule has 2 heterocycles. The second-order valence-corrected chi connectivity index (χ2v) is 6.52. The van der Waals surface area contributed by atoms with E-state index in [1.165, 1.54) is 24.9 Å². The number of hydrogen-bond donors (Lipinski definition) is 1. The maximum absolute atomic E-state index is 11.8. The smallest absolute Gasteiger partial charge is 0.350 e. The van der Waals surface area contributed by atoms with Gasteiger partial charge in [0.2, 0.25) is 0 Å². The molecule has 0 spiro atoms. The Bertz CT molecular complexity index is 491. The highest BCUT2D eigenvalue weighted by molar-refractivity contribution is 7.19. The van der Waals surface area contributed by atoms with E-state index >= 15 is 0 Å². The van der Waals surface area contributed by atoms with E-state index in [0.29, 0.717) is 28.1 Å². The largest absolute Gasteiger partial charge is 0.492 e.